The quantitative estimate of drug-likeness (QED) is 0.509. The van der Waals surface area contributed by atoms with Crippen LogP contribution in [0, 0.1) is 0 Å². The molecule has 7 nitrogen and oxygen atoms in total. The number of amides is 2. The van der Waals surface area contributed by atoms with Crippen LogP contribution in [-0.2, 0) is 9.53 Å². The van der Waals surface area contributed by atoms with Crippen molar-refractivity contribution >= 4 is 29.1 Å². The molecule has 8 heteroatoms. The summed E-state index contributed by atoms with van der Waals surface area (Å²) >= 11 is 4.94. The Morgan fingerprint density at radius 1 is 1.17 bits per heavy atom. The van der Waals surface area contributed by atoms with Crippen molar-refractivity contribution in [2.24, 2.45) is 0 Å². The van der Waals surface area contributed by atoms with E-state index in [2.05, 4.69) is 16.2 Å². The van der Waals surface area contributed by atoms with Gasteiger partial charge in [-0.3, -0.25) is 25.8 Å². The lowest BCUT2D eigenvalue weighted by Crippen LogP contribution is -2.49. The van der Waals surface area contributed by atoms with Gasteiger partial charge in [0.1, 0.15) is 12.4 Å². The van der Waals surface area contributed by atoms with Gasteiger partial charge in [0.25, 0.3) is 11.8 Å². The number of benzene rings is 1. The van der Waals surface area contributed by atoms with Crippen molar-refractivity contribution in [2.45, 2.75) is 33.3 Å². The molecular formula is C16H23N3O4S. The van der Waals surface area contributed by atoms with Crippen LogP contribution in [0.2, 0.25) is 0 Å². The molecular weight excluding hydrogens is 330 g/mol. The van der Waals surface area contributed by atoms with Crippen LogP contribution >= 0.6 is 12.2 Å². The van der Waals surface area contributed by atoms with E-state index in [4.69, 9.17) is 21.7 Å². The SMILES string of the molecule is CCOCC(=O)NNC(=S)NC(=O)c1ccc(OC(C)CC)cc1. The van der Waals surface area contributed by atoms with Crippen molar-refractivity contribution in [3.8, 4) is 5.75 Å². The molecule has 0 heterocycles. The van der Waals surface area contributed by atoms with E-state index in [1.807, 2.05) is 13.8 Å². The fourth-order valence-corrected chi connectivity index (χ4v) is 1.71. The molecule has 0 radical (unpaired) electrons. The zero-order valence-electron chi connectivity index (χ0n) is 14.0. The molecule has 0 aliphatic rings. The molecule has 1 aromatic carbocycles. The van der Waals surface area contributed by atoms with Crippen LogP contribution in [0.15, 0.2) is 24.3 Å². The van der Waals surface area contributed by atoms with E-state index in [0.717, 1.165) is 6.42 Å². The van der Waals surface area contributed by atoms with E-state index in [0.29, 0.717) is 17.9 Å². The molecule has 0 spiro atoms. The first-order valence-corrected chi connectivity index (χ1v) is 8.11. The van der Waals surface area contributed by atoms with E-state index >= 15 is 0 Å². The topological polar surface area (TPSA) is 88.7 Å². The molecule has 3 N–H and O–H groups in total. The molecule has 1 unspecified atom stereocenters. The summed E-state index contributed by atoms with van der Waals surface area (Å²) in [4.78, 5) is 23.4. The van der Waals surface area contributed by atoms with Gasteiger partial charge in [-0.05, 0) is 56.8 Å². The number of carbonyl (C=O) groups is 2. The van der Waals surface area contributed by atoms with Crippen molar-refractivity contribution in [1.82, 2.24) is 16.2 Å². The molecule has 2 amide bonds. The first kappa shape index (κ1) is 19.9. The second kappa shape index (κ2) is 10.6. The zero-order valence-corrected chi connectivity index (χ0v) is 14.9. The lowest BCUT2D eigenvalue weighted by atomic mass is 10.2. The van der Waals surface area contributed by atoms with Crippen LogP contribution in [0.1, 0.15) is 37.6 Å². The Morgan fingerprint density at radius 2 is 1.83 bits per heavy atom. The molecule has 0 aromatic heterocycles. The largest absolute Gasteiger partial charge is 0.491 e. The van der Waals surface area contributed by atoms with Crippen molar-refractivity contribution in [3.05, 3.63) is 29.8 Å². The summed E-state index contributed by atoms with van der Waals surface area (Å²) in [5.74, 6) is -0.0774. The van der Waals surface area contributed by atoms with Crippen LogP contribution in [0.4, 0.5) is 0 Å². The Balaban J connectivity index is 2.43. The molecule has 24 heavy (non-hydrogen) atoms. The number of rotatable bonds is 7. The fraction of sp³-hybridized carbons (Fsp3) is 0.438. The highest BCUT2D eigenvalue weighted by molar-refractivity contribution is 7.80. The third-order valence-corrected chi connectivity index (χ3v) is 3.21. The monoisotopic (exact) mass is 353 g/mol. The van der Waals surface area contributed by atoms with Gasteiger partial charge in [0.05, 0.1) is 6.10 Å². The number of hydrogen-bond donors (Lipinski definition) is 3. The maximum atomic E-state index is 12.0. The second-order valence-electron chi connectivity index (χ2n) is 4.95. The van der Waals surface area contributed by atoms with Crippen LogP contribution < -0.4 is 20.9 Å². The fourth-order valence-electron chi connectivity index (χ4n) is 1.56. The first-order valence-electron chi connectivity index (χ1n) is 7.70. The summed E-state index contributed by atoms with van der Waals surface area (Å²) in [6.07, 6.45) is 1.01. The highest BCUT2D eigenvalue weighted by atomic mass is 32.1. The minimum Gasteiger partial charge on any atom is -0.491 e. The van der Waals surface area contributed by atoms with Crippen molar-refractivity contribution in [1.29, 1.82) is 0 Å². The minimum atomic E-state index is -0.389. The Bertz CT molecular complexity index is 563. The molecule has 0 aliphatic carbocycles. The molecule has 0 saturated heterocycles. The number of thiocarbonyl (C=S) groups is 1. The Morgan fingerprint density at radius 3 is 2.42 bits per heavy atom. The van der Waals surface area contributed by atoms with E-state index in [1.54, 1.807) is 31.2 Å². The van der Waals surface area contributed by atoms with E-state index < -0.39 is 0 Å². The second-order valence-corrected chi connectivity index (χ2v) is 5.36. The van der Waals surface area contributed by atoms with Crippen LogP contribution in [0.5, 0.6) is 5.75 Å². The summed E-state index contributed by atoms with van der Waals surface area (Å²) in [6.45, 7) is 6.14. The Labute approximate surface area is 147 Å². The number of carbonyl (C=O) groups excluding carboxylic acids is 2. The zero-order chi connectivity index (χ0) is 17.9. The summed E-state index contributed by atoms with van der Waals surface area (Å²) in [7, 11) is 0. The third-order valence-electron chi connectivity index (χ3n) is 3.01. The summed E-state index contributed by atoms with van der Waals surface area (Å²) in [5.41, 5.74) is 5.18. The van der Waals surface area contributed by atoms with Gasteiger partial charge in [0.15, 0.2) is 5.11 Å². The van der Waals surface area contributed by atoms with Crippen LogP contribution in [0.25, 0.3) is 0 Å². The maximum Gasteiger partial charge on any atom is 0.264 e. The van der Waals surface area contributed by atoms with E-state index in [-0.39, 0.29) is 29.6 Å². The normalized spacial score (nSPS) is 11.3. The molecule has 1 atom stereocenters. The Kier molecular flexibility index (Phi) is 8.74. The van der Waals surface area contributed by atoms with E-state index in [1.165, 1.54) is 0 Å². The average Bonchev–Trinajstić information content (AvgIpc) is 2.58. The van der Waals surface area contributed by atoms with Crippen molar-refractivity contribution in [2.75, 3.05) is 13.2 Å². The first-order chi connectivity index (χ1) is 11.5. The number of hydrazine groups is 1. The predicted molar refractivity (Wildman–Crippen MR) is 94.7 cm³/mol. The lowest BCUT2D eigenvalue weighted by molar-refractivity contribution is -0.126. The molecule has 0 aliphatic heterocycles. The van der Waals surface area contributed by atoms with Gasteiger partial charge in [-0.1, -0.05) is 6.92 Å². The minimum absolute atomic E-state index is 0.00946. The van der Waals surface area contributed by atoms with Gasteiger partial charge in [0, 0.05) is 12.2 Å². The number of ether oxygens (including phenoxy) is 2. The molecule has 0 saturated carbocycles. The molecule has 0 bridgehead atoms. The lowest BCUT2D eigenvalue weighted by Gasteiger charge is -2.13. The van der Waals surface area contributed by atoms with Gasteiger partial charge in [-0.25, -0.2) is 0 Å². The standard InChI is InChI=1S/C16H23N3O4S/c1-4-11(3)23-13-8-6-12(7-9-13)15(21)17-16(24)19-18-14(20)10-22-5-2/h6-9,11H,4-5,10H2,1-3H3,(H,18,20)(H2,17,19,21,24). The Hall–Kier alpha value is -2.19. The van der Waals surface area contributed by atoms with Gasteiger partial charge in [-0.2, -0.15) is 0 Å². The van der Waals surface area contributed by atoms with Gasteiger partial charge >= 0.3 is 0 Å². The molecule has 1 aromatic rings. The van der Waals surface area contributed by atoms with Crippen molar-refractivity contribution < 1.29 is 19.1 Å². The van der Waals surface area contributed by atoms with Gasteiger partial charge < -0.3 is 9.47 Å². The van der Waals surface area contributed by atoms with Crippen LogP contribution in [0.3, 0.4) is 0 Å². The van der Waals surface area contributed by atoms with E-state index in [9.17, 15) is 9.59 Å². The number of hydrogen-bond acceptors (Lipinski definition) is 5. The summed E-state index contributed by atoms with van der Waals surface area (Å²) < 4.78 is 10.6. The average molecular weight is 353 g/mol. The van der Waals surface area contributed by atoms with Gasteiger partial charge in [0.2, 0.25) is 0 Å². The molecule has 0 fully saturated rings. The highest BCUT2D eigenvalue weighted by Gasteiger charge is 2.09. The summed E-state index contributed by atoms with van der Waals surface area (Å²) in [5, 5.41) is 2.45. The van der Waals surface area contributed by atoms with Crippen LogP contribution in [-0.4, -0.2) is 36.2 Å². The predicted octanol–water partition coefficient (Wildman–Crippen LogP) is 1.54. The third kappa shape index (κ3) is 7.38. The number of nitrogens with one attached hydrogen (secondary N) is 3. The highest BCUT2D eigenvalue weighted by Crippen LogP contribution is 2.14. The van der Waals surface area contributed by atoms with Crippen molar-refractivity contribution in [3.63, 3.8) is 0 Å². The summed E-state index contributed by atoms with van der Waals surface area (Å²) in [6, 6.07) is 6.73. The molecule has 132 valence electrons. The molecule has 1 rings (SSSR count). The smallest absolute Gasteiger partial charge is 0.264 e. The maximum absolute atomic E-state index is 12.0. The van der Waals surface area contributed by atoms with Gasteiger partial charge in [-0.15, -0.1) is 0 Å².